The van der Waals surface area contributed by atoms with Gasteiger partial charge in [0.25, 0.3) is 0 Å². The Balaban J connectivity index is 1.34. The van der Waals surface area contributed by atoms with Gasteiger partial charge in [0.1, 0.15) is 0 Å². The van der Waals surface area contributed by atoms with Gasteiger partial charge >= 0.3 is 0 Å². The Labute approximate surface area is 117 Å². The van der Waals surface area contributed by atoms with Gasteiger partial charge in [0.2, 0.25) is 0 Å². The average molecular weight is 263 g/mol. The van der Waals surface area contributed by atoms with Crippen molar-refractivity contribution in [3.8, 4) is 0 Å². The van der Waals surface area contributed by atoms with Crippen LogP contribution in [0.2, 0.25) is 0 Å². The fourth-order valence-electron chi connectivity index (χ4n) is 4.50. The van der Waals surface area contributed by atoms with Gasteiger partial charge in [-0.25, -0.2) is 0 Å². The molecule has 0 radical (unpaired) electrons. The summed E-state index contributed by atoms with van der Waals surface area (Å²) in [6.07, 6.45) is 8.64. The maximum atomic E-state index is 3.75. The molecule has 2 saturated carbocycles. The smallest absolute Gasteiger partial charge is 0.0224 e. The lowest BCUT2D eigenvalue weighted by molar-refractivity contribution is -0.0271. The minimum Gasteiger partial charge on any atom is -0.314 e. The van der Waals surface area contributed by atoms with Crippen LogP contribution in [0, 0.1) is 5.92 Å². The van der Waals surface area contributed by atoms with Crippen LogP contribution in [0.3, 0.4) is 0 Å². The molecule has 0 aromatic rings. The summed E-state index contributed by atoms with van der Waals surface area (Å²) < 4.78 is 0. The van der Waals surface area contributed by atoms with Crippen molar-refractivity contribution in [1.82, 2.24) is 15.1 Å². The first kappa shape index (κ1) is 12.6. The molecule has 2 heterocycles. The first-order valence-electron chi connectivity index (χ1n) is 8.54. The molecule has 0 bridgehead atoms. The third kappa shape index (κ3) is 2.45. The lowest BCUT2D eigenvalue weighted by Gasteiger charge is -2.52. The molecule has 4 unspecified atom stereocenters. The molecule has 19 heavy (non-hydrogen) atoms. The Morgan fingerprint density at radius 3 is 2.68 bits per heavy atom. The molecule has 1 N–H and O–H groups in total. The highest BCUT2D eigenvalue weighted by atomic mass is 15.3. The number of nitrogens with zero attached hydrogens (tertiary/aromatic N) is 2. The summed E-state index contributed by atoms with van der Waals surface area (Å²) in [6.45, 7) is 7.78. The SMILES string of the molecule is CC1CN2CCCC2CN1C1CCC1CNC1CC1. The van der Waals surface area contributed by atoms with Gasteiger partial charge < -0.3 is 5.32 Å². The summed E-state index contributed by atoms with van der Waals surface area (Å²) in [5.74, 6) is 0.941. The fourth-order valence-corrected chi connectivity index (χ4v) is 4.50. The number of hydrogen-bond acceptors (Lipinski definition) is 3. The van der Waals surface area contributed by atoms with E-state index < -0.39 is 0 Å². The van der Waals surface area contributed by atoms with Crippen molar-refractivity contribution in [2.45, 2.75) is 69.6 Å². The van der Waals surface area contributed by atoms with Crippen LogP contribution in [0.1, 0.15) is 45.4 Å². The molecule has 3 nitrogen and oxygen atoms in total. The van der Waals surface area contributed by atoms with Crippen LogP contribution in [0.15, 0.2) is 0 Å². The Morgan fingerprint density at radius 1 is 1.05 bits per heavy atom. The van der Waals surface area contributed by atoms with Crippen LogP contribution in [0.25, 0.3) is 0 Å². The second-order valence-electron chi connectivity index (χ2n) is 7.42. The van der Waals surface area contributed by atoms with E-state index in [1.54, 1.807) is 0 Å². The highest BCUT2D eigenvalue weighted by Gasteiger charge is 2.43. The van der Waals surface area contributed by atoms with E-state index in [4.69, 9.17) is 0 Å². The molecule has 4 aliphatic rings. The molecular formula is C16H29N3. The Bertz CT molecular complexity index is 328. The van der Waals surface area contributed by atoms with Gasteiger partial charge in [-0.05, 0) is 64.5 Å². The molecule has 3 heteroatoms. The van der Waals surface area contributed by atoms with E-state index in [-0.39, 0.29) is 0 Å². The molecule has 0 aromatic heterocycles. The molecule has 4 fully saturated rings. The fraction of sp³-hybridized carbons (Fsp3) is 1.00. The number of fused-ring (bicyclic) bond motifs is 1. The van der Waals surface area contributed by atoms with E-state index >= 15 is 0 Å². The number of hydrogen-bond donors (Lipinski definition) is 1. The summed E-state index contributed by atoms with van der Waals surface area (Å²) in [5, 5.41) is 3.75. The topological polar surface area (TPSA) is 18.5 Å². The van der Waals surface area contributed by atoms with Crippen molar-refractivity contribution in [2.75, 3.05) is 26.2 Å². The first-order valence-corrected chi connectivity index (χ1v) is 8.54. The van der Waals surface area contributed by atoms with E-state index in [0.717, 1.165) is 30.1 Å². The van der Waals surface area contributed by atoms with Crippen LogP contribution < -0.4 is 5.32 Å². The molecule has 2 aliphatic heterocycles. The molecule has 0 amide bonds. The standard InChI is InChI=1S/C16H29N3/c1-12-10-18-8-2-3-15(18)11-19(12)16-7-4-13(16)9-17-14-5-6-14/h12-17H,2-11H2,1H3. The van der Waals surface area contributed by atoms with Crippen molar-refractivity contribution in [2.24, 2.45) is 5.92 Å². The predicted molar refractivity (Wildman–Crippen MR) is 78.3 cm³/mol. The second kappa shape index (κ2) is 5.01. The lowest BCUT2D eigenvalue weighted by Crippen LogP contribution is -2.62. The highest BCUT2D eigenvalue weighted by Crippen LogP contribution is 2.37. The zero-order chi connectivity index (χ0) is 12.8. The van der Waals surface area contributed by atoms with Crippen LogP contribution in [-0.2, 0) is 0 Å². The van der Waals surface area contributed by atoms with Crippen LogP contribution in [0.4, 0.5) is 0 Å². The molecule has 2 saturated heterocycles. The number of nitrogens with one attached hydrogen (secondary N) is 1. The first-order chi connectivity index (χ1) is 9.31. The van der Waals surface area contributed by atoms with Gasteiger partial charge in [-0.2, -0.15) is 0 Å². The van der Waals surface area contributed by atoms with Crippen molar-refractivity contribution < 1.29 is 0 Å². The van der Waals surface area contributed by atoms with E-state index in [1.165, 1.54) is 64.7 Å². The van der Waals surface area contributed by atoms with Gasteiger partial charge in [0.05, 0.1) is 0 Å². The molecule has 108 valence electrons. The lowest BCUT2D eigenvalue weighted by atomic mass is 9.77. The van der Waals surface area contributed by atoms with Crippen molar-refractivity contribution in [1.29, 1.82) is 0 Å². The number of piperazine rings is 1. The molecule has 2 aliphatic carbocycles. The summed E-state index contributed by atoms with van der Waals surface area (Å²) in [7, 11) is 0. The van der Waals surface area contributed by atoms with Gasteiger partial charge in [-0.3, -0.25) is 9.80 Å². The van der Waals surface area contributed by atoms with Crippen molar-refractivity contribution in [3.05, 3.63) is 0 Å². The zero-order valence-electron chi connectivity index (χ0n) is 12.4. The normalized spacial score (nSPS) is 44.1. The van der Waals surface area contributed by atoms with E-state index in [0.29, 0.717) is 0 Å². The molecule has 4 atom stereocenters. The van der Waals surface area contributed by atoms with Crippen molar-refractivity contribution >= 4 is 0 Å². The molecule has 0 spiro atoms. The van der Waals surface area contributed by atoms with Gasteiger partial charge in [0.15, 0.2) is 0 Å². The molecule has 4 rings (SSSR count). The third-order valence-corrected chi connectivity index (χ3v) is 6.03. The van der Waals surface area contributed by atoms with E-state index in [1.807, 2.05) is 0 Å². The minimum absolute atomic E-state index is 0.781. The van der Waals surface area contributed by atoms with E-state index in [9.17, 15) is 0 Å². The monoisotopic (exact) mass is 263 g/mol. The minimum atomic E-state index is 0.781. The average Bonchev–Trinajstić information content (AvgIpc) is 3.07. The summed E-state index contributed by atoms with van der Waals surface area (Å²) in [4.78, 5) is 5.62. The summed E-state index contributed by atoms with van der Waals surface area (Å²) in [6, 6.07) is 3.44. The molecular weight excluding hydrogens is 234 g/mol. The largest absolute Gasteiger partial charge is 0.314 e. The van der Waals surface area contributed by atoms with Gasteiger partial charge in [-0.15, -0.1) is 0 Å². The maximum Gasteiger partial charge on any atom is 0.0224 e. The summed E-state index contributed by atoms with van der Waals surface area (Å²) >= 11 is 0. The van der Waals surface area contributed by atoms with Crippen LogP contribution in [-0.4, -0.2) is 60.1 Å². The predicted octanol–water partition coefficient (Wildman–Crippen LogP) is 1.69. The van der Waals surface area contributed by atoms with Crippen LogP contribution in [0.5, 0.6) is 0 Å². The maximum absolute atomic E-state index is 3.75. The number of rotatable bonds is 4. The zero-order valence-corrected chi connectivity index (χ0v) is 12.4. The van der Waals surface area contributed by atoms with E-state index in [2.05, 4.69) is 22.0 Å². The Hall–Kier alpha value is -0.120. The van der Waals surface area contributed by atoms with Crippen LogP contribution >= 0.6 is 0 Å². The summed E-state index contributed by atoms with van der Waals surface area (Å²) in [5.41, 5.74) is 0. The Morgan fingerprint density at radius 2 is 1.95 bits per heavy atom. The quantitative estimate of drug-likeness (QED) is 0.832. The van der Waals surface area contributed by atoms with Gasteiger partial charge in [-0.1, -0.05) is 0 Å². The second-order valence-corrected chi connectivity index (χ2v) is 7.42. The Kier molecular flexibility index (Phi) is 3.33. The highest BCUT2D eigenvalue weighted by molar-refractivity contribution is 4.99. The van der Waals surface area contributed by atoms with Crippen molar-refractivity contribution in [3.63, 3.8) is 0 Å². The molecule has 0 aromatic carbocycles. The third-order valence-electron chi connectivity index (χ3n) is 6.03. The van der Waals surface area contributed by atoms with Gasteiger partial charge in [0, 0.05) is 37.3 Å².